The molecule has 1 aliphatic heterocycles. The van der Waals surface area contributed by atoms with Gasteiger partial charge in [-0.05, 0) is 5.56 Å². The summed E-state index contributed by atoms with van der Waals surface area (Å²) in [5.74, 6) is 2.64. The number of carbonyl (C=O) groups is 1. The van der Waals surface area contributed by atoms with Crippen molar-refractivity contribution in [3.8, 4) is 11.8 Å². The quantitative estimate of drug-likeness (QED) is 0.670. The van der Waals surface area contributed by atoms with Crippen LogP contribution in [-0.2, 0) is 17.1 Å². The molecule has 0 N–H and O–H groups in total. The van der Waals surface area contributed by atoms with Crippen LogP contribution in [0.15, 0.2) is 36.4 Å². The van der Waals surface area contributed by atoms with Crippen molar-refractivity contribution in [1.82, 2.24) is 19.8 Å². The van der Waals surface area contributed by atoms with Crippen LogP contribution in [0.1, 0.15) is 11.4 Å². The lowest BCUT2D eigenvalue weighted by atomic mass is 10.2. The predicted molar refractivity (Wildman–Crippen MR) is 110 cm³/mol. The van der Waals surface area contributed by atoms with E-state index in [0.717, 1.165) is 32.7 Å². The van der Waals surface area contributed by atoms with Crippen LogP contribution in [0.5, 0.6) is 11.8 Å². The van der Waals surface area contributed by atoms with Gasteiger partial charge in [0.25, 0.3) is 0 Å². The summed E-state index contributed by atoms with van der Waals surface area (Å²) >= 11 is 1.51. The zero-order valence-corrected chi connectivity index (χ0v) is 17.2. The van der Waals surface area contributed by atoms with Gasteiger partial charge in [0.15, 0.2) is 0 Å². The van der Waals surface area contributed by atoms with Crippen LogP contribution >= 0.6 is 11.8 Å². The summed E-state index contributed by atoms with van der Waals surface area (Å²) in [6.07, 6.45) is 0. The summed E-state index contributed by atoms with van der Waals surface area (Å²) in [6.45, 7) is 4.29. The second kappa shape index (κ2) is 10.3. The standard InChI is InChI=1S/C20H26N4O3S/c1-26-18-12-19(27-2)22-17(21-18)14-28-15-20(25)24-10-8-23(9-11-24)13-16-6-4-3-5-7-16/h3-7,12H,8-11,13-15H2,1-2H3. The molecule has 1 aromatic carbocycles. The maximum absolute atomic E-state index is 12.5. The van der Waals surface area contributed by atoms with E-state index in [1.165, 1.54) is 17.3 Å². The predicted octanol–water partition coefficient (Wildman–Crippen LogP) is 2.07. The van der Waals surface area contributed by atoms with Crippen LogP contribution in [0.3, 0.4) is 0 Å². The maximum atomic E-state index is 12.5. The Labute approximate surface area is 170 Å². The van der Waals surface area contributed by atoms with Gasteiger partial charge < -0.3 is 14.4 Å². The third-order valence-corrected chi connectivity index (χ3v) is 5.49. The Morgan fingerprint density at radius 1 is 1.04 bits per heavy atom. The number of hydrogen-bond acceptors (Lipinski definition) is 7. The molecule has 0 radical (unpaired) electrons. The van der Waals surface area contributed by atoms with E-state index in [1.807, 2.05) is 11.0 Å². The average molecular weight is 403 g/mol. The highest BCUT2D eigenvalue weighted by Crippen LogP contribution is 2.18. The van der Waals surface area contributed by atoms with Crippen molar-refractivity contribution in [2.45, 2.75) is 12.3 Å². The molecule has 0 atom stereocenters. The van der Waals surface area contributed by atoms with E-state index in [0.29, 0.717) is 29.1 Å². The zero-order valence-electron chi connectivity index (χ0n) is 16.3. The van der Waals surface area contributed by atoms with Crippen molar-refractivity contribution in [1.29, 1.82) is 0 Å². The molecule has 0 aliphatic carbocycles. The molecule has 150 valence electrons. The lowest BCUT2D eigenvalue weighted by Crippen LogP contribution is -2.48. The fraction of sp³-hybridized carbons (Fsp3) is 0.450. The Bertz CT molecular complexity index is 745. The number of amides is 1. The molecule has 0 unspecified atom stereocenters. The third-order valence-electron chi connectivity index (χ3n) is 4.57. The lowest BCUT2D eigenvalue weighted by Gasteiger charge is -2.34. The number of rotatable bonds is 8. The molecule has 0 saturated carbocycles. The normalized spacial score (nSPS) is 14.7. The fourth-order valence-electron chi connectivity index (χ4n) is 3.04. The first-order valence-electron chi connectivity index (χ1n) is 9.25. The molecule has 7 nitrogen and oxygen atoms in total. The van der Waals surface area contributed by atoms with Crippen molar-refractivity contribution in [2.24, 2.45) is 0 Å². The SMILES string of the molecule is COc1cc(OC)nc(CSCC(=O)N2CCN(Cc3ccccc3)CC2)n1. The Hall–Kier alpha value is -2.32. The molecule has 28 heavy (non-hydrogen) atoms. The van der Waals surface area contributed by atoms with Crippen LogP contribution in [0.2, 0.25) is 0 Å². The number of piperazine rings is 1. The molecule has 0 spiro atoms. The van der Waals surface area contributed by atoms with Crippen molar-refractivity contribution >= 4 is 17.7 Å². The highest BCUT2D eigenvalue weighted by molar-refractivity contribution is 7.99. The largest absolute Gasteiger partial charge is 0.481 e. The van der Waals surface area contributed by atoms with E-state index in [9.17, 15) is 4.79 Å². The Kier molecular flexibility index (Phi) is 7.50. The smallest absolute Gasteiger partial charge is 0.232 e. The zero-order chi connectivity index (χ0) is 19.8. The highest BCUT2D eigenvalue weighted by Gasteiger charge is 2.21. The molecular formula is C20H26N4O3S. The average Bonchev–Trinajstić information content (AvgIpc) is 2.74. The van der Waals surface area contributed by atoms with Crippen LogP contribution in [0.4, 0.5) is 0 Å². The van der Waals surface area contributed by atoms with Crippen LogP contribution in [-0.4, -0.2) is 71.8 Å². The summed E-state index contributed by atoms with van der Waals surface area (Å²) in [5.41, 5.74) is 1.31. The number of thioether (sulfide) groups is 1. The summed E-state index contributed by atoms with van der Waals surface area (Å²) < 4.78 is 10.3. The summed E-state index contributed by atoms with van der Waals surface area (Å²) in [5, 5.41) is 0. The third kappa shape index (κ3) is 5.84. The van der Waals surface area contributed by atoms with Gasteiger partial charge in [-0.2, -0.15) is 9.97 Å². The minimum absolute atomic E-state index is 0.166. The van der Waals surface area contributed by atoms with Gasteiger partial charge in [0.2, 0.25) is 17.7 Å². The fourth-order valence-corrected chi connectivity index (χ4v) is 3.81. The van der Waals surface area contributed by atoms with E-state index in [1.54, 1.807) is 20.3 Å². The van der Waals surface area contributed by atoms with Crippen molar-refractivity contribution in [3.05, 3.63) is 47.8 Å². The molecule has 1 amide bonds. The van der Waals surface area contributed by atoms with Gasteiger partial charge in [0.1, 0.15) is 5.82 Å². The number of ether oxygens (including phenoxy) is 2. The van der Waals surface area contributed by atoms with Gasteiger partial charge in [0.05, 0.1) is 31.8 Å². The first-order chi connectivity index (χ1) is 13.7. The molecular weight excluding hydrogens is 376 g/mol. The topological polar surface area (TPSA) is 67.8 Å². The van der Waals surface area contributed by atoms with Gasteiger partial charge in [-0.15, -0.1) is 11.8 Å². The number of benzene rings is 1. The Balaban J connectivity index is 1.41. The molecule has 2 heterocycles. The van der Waals surface area contributed by atoms with Crippen molar-refractivity contribution in [3.63, 3.8) is 0 Å². The molecule has 3 rings (SSSR count). The molecule has 1 aliphatic rings. The van der Waals surface area contributed by atoms with Crippen LogP contribution < -0.4 is 9.47 Å². The van der Waals surface area contributed by atoms with E-state index < -0.39 is 0 Å². The molecule has 1 aromatic heterocycles. The van der Waals surface area contributed by atoms with Gasteiger partial charge in [-0.3, -0.25) is 9.69 Å². The Morgan fingerprint density at radius 3 is 2.29 bits per heavy atom. The van der Waals surface area contributed by atoms with E-state index in [2.05, 4.69) is 39.1 Å². The molecule has 2 aromatic rings. The van der Waals surface area contributed by atoms with Crippen LogP contribution in [0, 0.1) is 0 Å². The second-order valence-corrected chi connectivity index (χ2v) is 7.49. The highest BCUT2D eigenvalue weighted by atomic mass is 32.2. The number of nitrogens with zero attached hydrogens (tertiary/aromatic N) is 4. The first kappa shape index (κ1) is 20.4. The van der Waals surface area contributed by atoms with Crippen molar-refractivity contribution < 1.29 is 14.3 Å². The van der Waals surface area contributed by atoms with E-state index in [4.69, 9.17) is 9.47 Å². The lowest BCUT2D eigenvalue weighted by molar-refractivity contribution is -0.130. The number of hydrogen-bond donors (Lipinski definition) is 0. The van der Waals surface area contributed by atoms with Gasteiger partial charge in [-0.1, -0.05) is 30.3 Å². The van der Waals surface area contributed by atoms with E-state index in [-0.39, 0.29) is 5.91 Å². The number of carbonyl (C=O) groups excluding carboxylic acids is 1. The monoisotopic (exact) mass is 402 g/mol. The summed E-state index contributed by atoms with van der Waals surface area (Å²) in [4.78, 5) is 25.4. The molecule has 1 fully saturated rings. The minimum Gasteiger partial charge on any atom is -0.481 e. The number of aromatic nitrogens is 2. The van der Waals surface area contributed by atoms with Crippen molar-refractivity contribution in [2.75, 3.05) is 46.2 Å². The maximum Gasteiger partial charge on any atom is 0.232 e. The minimum atomic E-state index is 0.166. The second-order valence-electron chi connectivity index (χ2n) is 6.50. The van der Waals surface area contributed by atoms with Crippen LogP contribution in [0.25, 0.3) is 0 Å². The molecule has 8 heteroatoms. The summed E-state index contributed by atoms with van der Waals surface area (Å²) in [7, 11) is 3.11. The summed E-state index contributed by atoms with van der Waals surface area (Å²) in [6, 6.07) is 12.1. The molecule has 1 saturated heterocycles. The van der Waals surface area contributed by atoms with Gasteiger partial charge in [-0.25, -0.2) is 0 Å². The number of methoxy groups -OCH3 is 2. The van der Waals surface area contributed by atoms with Gasteiger partial charge in [0, 0.05) is 32.7 Å². The van der Waals surface area contributed by atoms with E-state index >= 15 is 0 Å². The molecule has 0 bridgehead atoms. The Morgan fingerprint density at radius 2 is 1.68 bits per heavy atom. The van der Waals surface area contributed by atoms with Gasteiger partial charge >= 0.3 is 0 Å². The first-order valence-corrected chi connectivity index (χ1v) is 10.4.